The fraction of sp³-hybridized carbons (Fsp3) is 0.583. The molecule has 0 amide bonds. The first kappa shape index (κ1) is 26.5. The van der Waals surface area contributed by atoms with Crippen LogP contribution in [0.15, 0.2) is 42.2 Å². The third-order valence-electron chi connectivity index (χ3n) is 7.04. The number of ether oxygens (including phenoxy) is 5. The van der Waals surface area contributed by atoms with Crippen LogP contribution in [0, 0.1) is 17.8 Å². The minimum Gasteiger partial charge on any atom is -0.472 e. The molecule has 1 aromatic carbocycles. The molecule has 5 N–H and O–H groups in total. The van der Waals surface area contributed by atoms with Crippen LogP contribution < -0.4 is 0 Å². The summed E-state index contributed by atoms with van der Waals surface area (Å²) >= 11 is 0. The highest BCUT2D eigenvalue weighted by molar-refractivity contribution is 5.90. The molecule has 1 aromatic rings. The molecule has 0 spiro atoms. The van der Waals surface area contributed by atoms with Gasteiger partial charge in [0.2, 0.25) is 6.29 Å². The number of benzene rings is 1. The van der Waals surface area contributed by atoms with Gasteiger partial charge >= 0.3 is 11.9 Å². The van der Waals surface area contributed by atoms with E-state index in [1.54, 1.807) is 37.3 Å². The fourth-order valence-electron chi connectivity index (χ4n) is 5.09. The van der Waals surface area contributed by atoms with Gasteiger partial charge in [0.1, 0.15) is 30.5 Å². The lowest BCUT2D eigenvalue weighted by Crippen LogP contribution is -2.60. The summed E-state index contributed by atoms with van der Waals surface area (Å²) in [5, 5.41) is 51.1. The van der Waals surface area contributed by atoms with Crippen molar-refractivity contribution in [3.8, 4) is 0 Å². The van der Waals surface area contributed by atoms with E-state index in [1.165, 1.54) is 7.11 Å². The van der Waals surface area contributed by atoms with Gasteiger partial charge < -0.3 is 49.2 Å². The molecule has 1 saturated heterocycles. The summed E-state index contributed by atoms with van der Waals surface area (Å²) in [6.07, 6.45) is -10.2. The van der Waals surface area contributed by atoms with Crippen molar-refractivity contribution in [3.63, 3.8) is 0 Å². The maximum Gasteiger partial charge on any atom is 0.338 e. The van der Waals surface area contributed by atoms with Gasteiger partial charge in [-0.3, -0.25) is 0 Å². The Morgan fingerprint density at radius 1 is 0.944 bits per heavy atom. The van der Waals surface area contributed by atoms with E-state index >= 15 is 0 Å². The summed E-state index contributed by atoms with van der Waals surface area (Å²) in [6, 6.07) is 8.21. The second kappa shape index (κ2) is 10.8. The molecule has 4 rings (SSSR count). The lowest BCUT2D eigenvalue weighted by Gasteiger charge is -2.43. The van der Waals surface area contributed by atoms with Gasteiger partial charge in [-0.05, 0) is 12.1 Å². The van der Waals surface area contributed by atoms with Crippen molar-refractivity contribution < 1.29 is 58.8 Å². The highest BCUT2D eigenvalue weighted by Gasteiger charge is 2.59. The number of carbonyl (C=O) groups excluding carboxylic acids is 2. The van der Waals surface area contributed by atoms with E-state index in [9.17, 15) is 35.1 Å². The molecule has 11 unspecified atom stereocenters. The van der Waals surface area contributed by atoms with E-state index in [4.69, 9.17) is 23.7 Å². The van der Waals surface area contributed by atoms with Gasteiger partial charge in [-0.1, -0.05) is 25.1 Å². The Balaban J connectivity index is 1.60. The predicted molar refractivity (Wildman–Crippen MR) is 118 cm³/mol. The molecule has 0 bridgehead atoms. The lowest BCUT2D eigenvalue weighted by molar-refractivity contribution is -0.343. The van der Waals surface area contributed by atoms with Crippen molar-refractivity contribution in [2.24, 2.45) is 17.8 Å². The van der Waals surface area contributed by atoms with Crippen molar-refractivity contribution >= 4 is 11.9 Å². The molecule has 1 aliphatic carbocycles. The largest absolute Gasteiger partial charge is 0.472 e. The fourth-order valence-corrected chi connectivity index (χ4v) is 5.09. The van der Waals surface area contributed by atoms with Gasteiger partial charge in [0.05, 0.1) is 37.2 Å². The second-order valence-corrected chi connectivity index (χ2v) is 9.09. The minimum atomic E-state index is -1.69. The number of hydrogen-bond acceptors (Lipinski definition) is 12. The van der Waals surface area contributed by atoms with Crippen LogP contribution in [0.3, 0.4) is 0 Å². The van der Waals surface area contributed by atoms with E-state index in [0.717, 1.165) is 6.26 Å². The first-order valence-electron chi connectivity index (χ1n) is 11.5. The Kier molecular flexibility index (Phi) is 7.95. The zero-order valence-corrected chi connectivity index (χ0v) is 19.6. The summed E-state index contributed by atoms with van der Waals surface area (Å²) in [7, 11) is 1.17. The maximum atomic E-state index is 12.7. The third-order valence-corrected chi connectivity index (χ3v) is 7.04. The summed E-state index contributed by atoms with van der Waals surface area (Å²) < 4.78 is 27.3. The number of methoxy groups -OCH3 is 1. The highest BCUT2D eigenvalue weighted by Crippen LogP contribution is 2.49. The molecule has 1 saturated carbocycles. The number of rotatable bonds is 6. The van der Waals surface area contributed by atoms with E-state index in [2.05, 4.69) is 0 Å². The van der Waals surface area contributed by atoms with E-state index in [0.29, 0.717) is 0 Å². The minimum absolute atomic E-state index is 0.00811. The van der Waals surface area contributed by atoms with Crippen LogP contribution in [-0.4, -0.2) is 100 Å². The number of esters is 2. The van der Waals surface area contributed by atoms with E-state index in [-0.39, 0.29) is 11.1 Å². The number of fused-ring (bicyclic) bond motifs is 1. The van der Waals surface area contributed by atoms with E-state index in [1.807, 2.05) is 0 Å². The van der Waals surface area contributed by atoms with Crippen LogP contribution in [0.4, 0.5) is 0 Å². The van der Waals surface area contributed by atoms with Crippen LogP contribution in [-0.2, 0) is 28.5 Å². The number of hydrogen-bond donors (Lipinski definition) is 5. The Bertz CT molecular complexity index is 965. The molecule has 36 heavy (non-hydrogen) atoms. The summed E-state index contributed by atoms with van der Waals surface area (Å²) in [4.78, 5) is 25.2. The third kappa shape index (κ3) is 4.73. The number of aliphatic hydroxyl groups is 5. The topological polar surface area (TPSA) is 181 Å². The average molecular weight is 510 g/mol. The smallest absolute Gasteiger partial charge is 0.338 e. The first-order chi connectivity index (χ1) is 17.2. The predicted octanol–water partition coefficient (Wildman–Crippen LogP) is -1.32. The quantitative estimate of drug-likeness (QED) is 0.285. The van der Waals surface area contributed by atoms with Crippen LogP contribution in [0.25, 0.3) is 0 Å². The van der Waals surface area contributed by atoms with Crippen molar-refractivity contribution in [3.05, 3.63) is 47.7 Å². The van der Waals surface area contributed by atoms with Crippen LogP contribution in [0.5, 0.6) is 0 Å². The molecule has 2 fully saturated rings. The monoisotopic (exact) mass is 510 g/mol. The zero-order valence-electron chi connectivity index (χ0n) is 19.6. The second-order valence-electron chi connectivity index (χ2n) is 9.09. The van der Waals surface area contributed by atoms with Gasteiger partial charge in [0.15, 0.2) is 6.29 Å². The molecule has 0 radical (unpaired) electrons. The molecule has 12 heteroatoms. The Hall–Kier alpha value is -2.58. The van der Waals surface area contributed by atoms with Crippen molar-refractivity contribution in [1.29, 1.82) is 0 Å². The standard InChI is InChI=1S/C24H30O12/c1-10-14-15(17(27)20(10)35-21(30)11-6-4-3-5-7-11)12(22(31)32-2)9-33-23(14)36-24-19(29)18(28)16(26)13(8-25)34-24/h3-7,9-10,13-20,23-29H,8H2,1-2H3. The zero-order chi connectivity index (χ0) is 26.1. The number of aliphatic hydroxyl groups excluding tert-OH is 5. The molecule has 2 aliphatic heterocycles. The van der Waals surface area contributed by atoms with Gasteiger partial charge in [-0.15, -0.1) is 0 Å². The highest BCUT2D eigenvalue weighted by atomic mass is 16.8. The average Bonchev–Trinajstić information content (AvgIpc) is 3.14. The summed E-state index contributed by atoms with van der Waals surface area (Å²) in [5.74, 6) is -3.73. The lowest BCUT2D eigenvalue weighted by atomic mass is 9.82. The van der Waals surface area contributed by atoms with E-state index < -0.39 is 85.5 Å². The molecule has 3 aliphatic rings. The molecule has 11 atom stereocenters. The van der Waals surface area contributed by atoms with Crippen molar-refractivity contribution in [1.82, 2.24) is 0 Å². The van der Waals surface area contributed by atoms with Crippen LogP contribution in [0.1, 0.15) is 17.3 Å². The maximum absolute atomic E-state index is 12.7. The van der Waals surface area contributed by atoms with Crippen molar-refractivity contribution in [2.75, 3.05) is 13.7 Å². The van der Waals surface area contributed by atoms with Gasteiger partial charge in [-0.25, -0.2) is 9.59 Å². The summed E-state index contributed by atoms with van der Waals surface area (Å²) in [6.45, 7) is 1.03. The molecular weight excluding hydrogens is 480 g/mol. The molecular formula is C24H30O12. The normalized spacial score (nSPS) is 40.0. The molecule has 198 valence electrons. The Morgan fingerprint density at radius 2 is 1.64 bits per heavy atom. The van der Waals surface area contributed by atoms with Gasteiger partial charge in [-0.2, -0.15) is 0 Å². The first-order valence-corrected chi connectivity index (χ1v) is 11.5. The molecule has 0 aromatic heterocycles. The molecule has 12 nitrogen and oxygen atoms in total. The van der Waals surface area contributed by atoms with Crippen molar-refractivity contribution in [2.45, 2.75) is 56.1 Å². The van der Waals surface area contributed by atoms with Gasteiger partial charge in [0.25, 0.3) is 0 Å². The SMILES string of the molecule is COC(=O)C1=COC(OC2OC(CO)C(O)C(O)C2O)C2C(C)C(OC(=O)c3ccccc3)C(O)C12. The van der Waals surface area contributed by atoms with Crippen LogP contribution in [0.2, 0.25) is 0 Å². The van der Waals surface area contributed by atoms with Gasteiger partial charge in [0, 0.05) is 17.8 Å². The van der Waals surface area contributed by atoms with Crippen LogP contribution >= 0.6 is 0 Å². The number of carbonyl (C=O) groups is 2. The Labute approximate surface area is 206 Å². The Morgan fingerprint density at radius 3 is 2.28 bits per heavy atom. The summed E-state index contributed by atoms with van der Waals surface area (Å²) in [5.41, 5.74) is 0.287. The molecule has 2 heterocycles.